The van der Waals surface area contributed by atoms with E-state index in [9.17, 15) is 10.1 Å². The Balaban J connectivity index is 2.92. The van der Waals surface area contributed by atoms with Gasteiger partial charge in [-0.25, -0.2) is 0 Å². The van der Waals surface area contributed by atoms with Crippen molar-refractivity contribution in [3.63, 3.8) is 0 Å². The molecule has 1 unspecified atom stereocenters. The molecule has 7 heteroatoms. The van der Waals surface area contributed by atoms with Crippen molar-refractivity contribution in [3.05, 3.63) is 33.9 Å². The van der Waals surface area contributed by atoms with Crippen LogP contribution < -0.4 is 5.32 Å². The minimum absolute atomic E-state index is 0.0286. The van der Waals surface area contributed by atoms with E-state index in [1.54, 1.807) is 6.07 Å². The first kappa shape index (κ1) is 13.9. The SMILES string of the molecule is COCC(CO)Nc1ccc([N+](=O)[O-])c(C#N)c1. The molecule has 0 bridgehead atoms. The van der Waals surface area contributed by atoms with E-state index >= 15 is 0 Å². The number of aliphatic hydroxyl groups excluding tert-OH is 1. The van der Waals surface area contributed by atoms with Gasteiger partial charge in [-0.2, -0.15) is 5.26 Å². The van der Waals surface area contributed by atoms with Crippen LogP contribution in [0.15, 0.2) is 18.2 Å². The number of nitrogens with one attached hydrogen (secondary N) is 1. The Kier molecular flexibility index (Phi) is 5.05. The average molecular weight is 251 g/mol. The summed E-state index contributed by atoms with van der Waals surface area (Å²) in [6, 6.07) is 5.54. The summed E-state index contributed by atoms with van der Waals surface area (Å²) in [5.41, 5.74) is 0.252. The number of rotatable bonds is 6. The molecule has 0 fully saturated rings. The van der Waals surface area contributed by atoms with E-state index in [4.69, 9.17) is 15.1 Å². The van der Waals surface area contributed by atoms with Gasteiger partial charge in [-0.1, -0.05) is 0 Å². The van der Waals surface area contributed by atoms with Gasteiger partial charge < -0.3 is 15.2 Å². The number of nitro groups is 1. The lowest BCUT2D eigenvalue weighted by Gasteiger charge is -2.16. The number of aliphatic hydroxyl groups is 1. The van der Waals surface area contributed by atoms with Crippen LogP contribution in [0.1, 0.15) is 5.56 Å². The molecule has 0 heterocycles. The molecule has 0 saturated heterocycles. The second-order valence-corrected chi connectivity index (χ2v) is 3.58. The topological polar surface area (TPSA) is 108 Å². The summed E-state index contributed by atoms with van der Waals surface area (Å²) >= 11 is 0. The van der Waals surface area contributed by atoms with Crippen LogP contribution in [0.3, 0.4) is 0 Å². The number of hydrogen-bond acceptors (Lipinski definition) is 6. The predicted molar refractivity (Wildman–Crippen MR) is 64.2 cm³/mol. The van der Waals surface area contributed by atoms with Gasteiger partial charge in [0.05, 0.1) is 24.2 Å². The van der Waals surface area contributed by atoms with Gasteiger partial charge >= 0.3 is 0 Å². The largest absolute Gasteiger partial charge is 0.394 e. The van der Waals surface area contributed by atoms with Crippen LogP contribution in [0.25, 0.3) is 0 Å². The van der Waals surface area contributed by atoms with Crippen molar-refractivity contribution in [2.45, 2.75) is 6.04 Å². The first-order valence-corrected chi connectivity index (χ1v) is 5.17. The summed E-state index contributed by atoms with van der Waals surface area (Å²) in [4.78, 5) is 10.0. The number of nitro benzene ring substituents is 1. The quantitative estimate of drug-likeness (QED) is 0.574. The van der Waals surface area contributed by atoms with Crippen LogP contribution in [0.5, 0.6) is 0 Å². The molecule has 0 amide bonds. The van der Waals surface area contributed by atoms with Gasteiger partial charge in [-0.15, -0.1) is 0 Å². The normalized spacial score (nSPS) is 11.6. The maximum atomic E-state index is 10.6. The van der Waals surface area contributed by atoms with Gasteiger partial charge in [0, 0.05) is 18.9 Å². The lowest BCUT2D eigenvalue weighted by atomic mass is 10.1. The molecule has 18 heavy (non-hydrogen) atoms. The standard InChI is InChI=1S/C11H13N3O4/c1-18-7-10(6-15)13-9-2-3-11(14(16)17)8(4-9)5-12/h2-4,10,13,15H,6-7H2,1H3. The highest BCUT2D eigenvalue weighted by Gasteiger charge is 2.15. The molecule has 0 spiro atoms. The first-order chi connectivity index (χ1) is 8.62. The molecule has 0 aromatic heterocycles. The van der Waals surface area contributed by atoms with Crippen LogP contribution in [-0.4, -0.2) is 36.4 Å². The summed E-state index contributed by atoms with van der Waals surface area (Å²) in [5.74, 6) is 0. The van der Waals surface area contributed by atoms with Crippen LogP contribution in [0.4, 0.5) is 11.4 Å². The molecule has 1 aromatic carbocycles. The Morgan fingerprint density at radius 3 is 2.89 bits per heavy atom. The van der Waals surface area contributed by atoms with E-state index in [1.807, 2.05) is 0 Å². The number of benzene rings is 1. The lowest BCUT2D eigenvalue weighted by Crippen LogP contribution is -2.28. The summed E-state index contributed by atoms with van der Waals surface area (Å²) in [5, 5.41) is 31.5. The number of ether oxygens (including phenoxy) is 1. The number of nitrogens with zero attached hydrogens (tertiary/aromatic N) is 2. The molecule has 7 nitrogen and oxygen atoms in total. The van der Waals surface area contributed by atoms with E-state index in [0.29, 0.717) is 5.69 Å². The smallest absolute Gasteiger partial charge is 0.287 e. The van der Waals surface area contributed by atoms with Crippen molar-refractivity contribution in [1.29, 1.82) is 5.26 Å². The third kappa shape index (κ3) is 3.41. The van der Waals surface area contributed by atoms with Gasteiger partial charge in [-0.05, 0) is 12.1 Å². The molecule has 2 N–H and O–H groups in total. The lowest BCUT2D eigenvalue weighted by molar-refractivity contribution is -0.385. The van der Waals surface area contributed by atoms with Gasteiger partial charge in [0.15, 0.2) is 0 Å². The number of methoxy groups -OCH3 is 1. The monoisotopic (exact) mass is 251 g/mol. The molecule has 0 saturated carbocycles. The Hall–Kier alpha value is -2.17. The van der Waals surface area contributed by atoms with Crippen molar-refractivity contribution >= 4 is 11.4 Å². The molecule has 1 rings (SSSR count). The van der Waals surface area contributed by atoms with Crippen LogP contribution in [0, 0.1) is 21.4 Å². The third-order valence-corrected chi connectivity index (χ3v) is 2.27. The minimum atomic E-state index is -0.610. The molecule has 0 aliphatic heterocycles. The Morgan fingerprint density at radius 1 is 1.67 bits per heavy atom. The summed E-state index contributed by atoms with van der Waals surface area (Å²) < 4.78 is 4.89. The van der Waals surface area contributed by atoms with Crippen LogP contribution in [0.2, 0.25) is 0 Å². The Labute approximate surface area is 104 Å². The molecule has 0 aliphatic rings. The average Bonchev–Trinajstić information content (AvgIpc) is 2.37. The third-order valence-electron chi connectivity index (χ3n) is 2.27. The van der Waals surface area contributed by atoms with Gasteiger partial charge in [0.2, 0.25) is 0 Å². The van der Waals surface area contributed by atoms with E-state index in [2.05, 4.69) is 5.32 Å². The second-order valence-electron chi connectivity index (χ2n) is 3.58. The fraction of sp³-hybridized carbons (Fsp3) is 0.364. The van der Waals surface area contributed by atoms with Crippen molar-refractivity contribution in [1.82, 2.24) is 0 Å². The summed E-state index contributed by atoms with van der Waals surface area (Å²) in [6.07, 6.45) is 0. The Morgan fingerprint density at radius 2 is 2.39 bits per heavy atom. The highest BCUT2D eigenvalue weighted by Crippen LogP contribution is 2.22. The molecular weight excluding hydrogens is 238 g/mol. The van der Waals surface area contributed by atoms with Crippen LogP contribution >= 0.6 is 0 Å². The molecule has 0 radical (unpaired) electrons. The van der Waals surface area contributed by atoms with Crippen molar-refractivity contribution in [3.8, 4) is 6.07 Å². The fourth-order valence-electron chi connectivity index (χ4n) is 1.45. The maximum Gasteiger partial charge on any atom is 0.287 e. The highest BCUT2D eigenvalue weighted by atomic mass is 16.6. The van der Waals surface area contributed by atoms with E-state index in [-0.39, 0.29) is 30.5 Å². The maximum absolute atomic E-state index is 10.6. The van der Waals surface area contributed by atoms with Crippen LogP contribution in [-0.2, 0) is 4.74 Å². The Bertz CT molecular complexity index is 470. The van der Waals surface area contributed by atoms with Gasteiger partial charge in [0.1, 0.15) is 11.6 Å². The molecule has 96 valence electrons. The van der Waals surface area contributed by atoms with Crippen molar-refractivity contribution < 1.29 is 14.8 Å². The predicted octanol–water partition coefficient (Wildman–Crippen LogP) is 0.886. The molecule has 1 atom stereocenters. The summed E-state index contributed by atoms with van der Waals surface area (Å²) in [6.45, 7) is 0.141. The number of anilines is 1. The zero-order valence-electron chi connectivity index (χ0n) is 9.79. The molecule has 1 aromatic rings. The minimum Gasteiger partial charge on any atom is -0.394 e. The number of nitriles is 1. The highest BCUT2D eigenvalue weighted by molar-refractivity contribution is 5.59. The van der Waals surface area contributed by atoms with E-state index in [1.165, 1.54) is 25.3 Å². The fourth-order valence-corrected chi connectivity index (χ4v) is 1.45. The summed E-state index contributed by atoms with van der Waals surface area (Å²) in [7, 11) is 1.50. The van der Waals surface area contributed by atoms with Gasteiger partial charge in [0.25, 0.3) is 5.69 Å². The van der Waals surface area contributed by atoms with E-state index in [0.717, 1.165) is 0 Å². The molecule has 0 aliphatic carbocycles. The molecular formula is C11H13N3O4. The zero-order valence-corrected chi connectivity index (χ0v) is 9.79. The van der Waals surface area contributed by atoms with E-state index < -0.39 is 4.92 Å². The van der Waals surface area contributed by atoms with Crippen molar-refractivity contribution in [2.75, 3.05) is 25.6 Å². The van der Waals surface area contributed by atoms with Crippen molar-refractivity contribution in [2.24, 2.45) is 0 Å². The zero-order chi connectivity index (χ0) is 13.5. The number of hydrogen-bond donors (Lipinski definition) is 2. The van der Waals surface area contributed by atoms with Gasteiger partial charge in [-0.3, -0.25) is 10.1 Å². The first-order valence-electron chi connectivity index (χ1n) is 5.17. The second kappa shape index (κ2) is 6.54.